The fourth-order valence-electron chi connectivity index (χ4n) is 3.48. The summed E-state index contributed by atoms with van der Waals surface area (Å²) in [6.45, 7) is 0.276. The molecule has 4 nitrogen and oxygen atoms in total. The maximum Gasteiger partial charge on any atom is 0.143 e. The van der Waals surface area contributed by atoms with Gasteiger partial charge in [-0.1, -0.05) is 60.5 Å². The number of hydrogen-bond donors (Lipinski definition) is 1. The standard InChI is InChI=1S/C26H26O4/c1-4-23(27)18-19-30-26(20-8-6-5-7-9-20,21-10-14-24(28-2)15-11-21)22-12-16-25(29-3)17-13-22/h1,5-17,23,27H,18-19H2,2-3H3. The van der Waals surface area contributed by atoms with E-state index >= 15 is 0 Å². The van der Waals surface area contributed by atoms with Crippen LogP contribution in [0.5, 0.6) is 11.5 Å². The lowest BCUT2D eigenvalue weighted by atomic mass is 9.80. The van der Waals surface area contributed by atoms with Gasteiger partial charge in [-0.2, -0.15) is 0 Å². The summed E-state index contributed by atoms with van der Waals surface area (Å²) in [6.07, 6.45) is 4.81. The van der Waals surface area contributed by atoms with Crippen molar-refractivity contribution in [1.29, 1.82) is 0 Å². The molecule has 3 aromatic carbocycles. The normalized spacial score (nSPS) is 12.1. The maximum atomic E-state index is 9.85. The van der Waals surface area contributed by atoms with Gasteiger partial charge in [-0.15, -0.1) is 6.42 Å². The topological polar surface area (TPSA) is 47.9 Å². The molecule has 1 unspecified atom stereocenters. The molecule has 3 rings (SSSR count). The van der Waals surface area contributed by atoms with Crippen LogP contribution in [0.4, 0.5) is 0 Å². The quantitative estimate of drug-likeness (QED) is 0.426. The van der Waals surface area contributed by atoms with Gasteiger partial charge in [-0.05, 0) is 41.0 Å². The number of aliphatic hydroxyl groups is 1. The van der Waals surface area contributed by atoms with Crippen molar-refractivity contribution in [2.45, 2.75) is 18.1 Å². The van der Waals surface area contributed by atoms with E-state index in [1.54, 1.807) is 14.2 Å². The summed E-state index contributed by atoms with van der Waals surface area (Å²) in [5.41, 5.74) is 1.95. The lowest BCUT2D eigenvalue weighted by molar-refractivity contribution is 0.000760. The number of rotatable bonds is 9. The molecule has 3 aromatic rings. The van der Waals surface area contributed by atoms with E-state index in [4.69, 9.17) is 20.6 Å². The van der Waals surface area contributed by atoms with Crippen LogP contribution in [0.25, 0.3) is 0 Å². The first-order valence-corrected chi connectivity index (χ1v) is 9.76. The van der Waals surface area contributed by atoms with E-state index in [0.717, 1.165) is 28.2 Å². The molecule has 0 amide bonds. The highest BCUT2D eigenvalue weighted by molar-refractivity contribution is 5.49. The summed E-state index contributed by atoms with van der Waals surface area (Å²) in [4.78, 5) is 0. The van der Waals surface area contributed by atoms with Crippen LogP contribution in [-0.4, -0.2) is 32.0 Å². The van der Waals surface area contributed by atoms with E-state index in [-0.39, 0.29) is 6.61 Å². The second-order valence-electron chi connectivity index (χ2n) is 6.82. The van der Waals surface area contributed by atoms with Crippen LogP contribution in [0.1, 0.15) is 23.1 Å². The molecule has 0 fully saturated rings. The van der Waals surface area contributed by atoms with Gasteiger partial charge in [0.25, 0.3) is 0 Å². The summed E-state index contributed by atoms with van der Waals surface area (Å²) < 4.78 is 17.2. The van der Waals surface area contributed by atoms with Crippen molar-refractivity contribution in [2.75, 3.05) is 20.8 Å². The van der Waals surface area contributed by atoms with Crippen molar-refractivity contribution in [1.82, 2.24) is 0 Å². The third kappa shape index (κ3) is 4.49. The first kappa shape index (κ1) is 21.4. The Labute approximate surface area is 178 Å². The lowest BCUT2D eigenvalue weighted by Crippen LogP contribution is -2.34. The highest BCUT2D eigenvalue weighted by atomic mass is 16.5. The van der Waals surface area contributed by atoms with Crippen molar-refractivity contribution in [3.05, 3.63) is 95.6 Å². The molecule has 0 aliphatic rings. The molecule has 30 heavy (non-hydrogen) atoms. The van der Waals surface area contributed by atoms with Crippen LogP contribution in [-0.2, 0) is 10.3 Å². The molecule has 0 bridgehead atoms. The van der Waals surface area contributed by atoms with Gasteiger partial charge in [-0.3, -0.25) is 0 Å². The second kappa shape index (κ2) is 9.98. The Kier molecular flexibility index (Phi) is 7.13. The van der Waals surface area contributed by atoms with Crippen LogP contribution in [0.3, 0.4) is 0 Å². The summed E-state index contributed by atoms with van der Waals surface area (Å²) >= 11 is 0. The minimum atomic E-state index is -0.895. The largest absolute Gasteiger partial charge is 0.497 e. The van der Waals surface area contributed by atoms with Crippen molar-refractivity contribution < 1.29 is 19.3 Å². The average Bonchev–Trinajstić information content (AvgIpc) is 2.82. The minimum Gasteiger partial charge on any atom is -0.497 e. The molecule has 0 aliphatic heterocycles. The zero-order valence-electron chi connectivity index (χ0n) is 17.2. The maximum absolute atomic E-state index is 9.85. The third-order valence-corrected chi connectivity index (χ3v) is 5.08. The van der Waals surface area contributed by atoms with Crippen LogP contribution < -0.4 is 9.47 Å². The van der Waals surface area contributed by atoms with Crippen molar-refractivity contribution in [3.63, 3.8) is 0 Å². The second-order valence-corrected chi connectivity index (χ2v) is 6.82. The first-order valence-electron chi connectivity index (χ1n) is 9.76. The molecule has 0 aromatic heterocycles. The molecule has 0 spiro atoms. The Bertz CT molecular complexity index is 909. The van der Waals surface area contributed by atoms with Crippen molar-refractivity contribution in [3.8, 4) is 23.8 Å². The monoisotopic (exact) mass is 402 g/mol. The zero-order valence-corrected chi connectivity index (χ0v) is 17.2. The molecule has 0 saturated carbocycles. The molecule has 1 atom stereocenters. The first-order chi connectivity index (χ1) is 14.6. The minimum absolute atomic E-state index is 0.276. The zero-order chi connectivity index (χ0) is 21.4. The average molecular weight is 402 g/mol. The fraction of sp³-hybridized carbons (Fsp3) is 0.231. The molecule has 0 radical (unpaired) electrons. The number of hydrogen-bond acceptors (Lipinski definition) is 4. The van der Waals surface area contributed by atoms with E-state index in [1.807, 2.05) is 78.9 Å². The van der Waals surface area contributed by atoms with Gasteiger partial charge in [0.2, 0.25) is 0 Å². The number of methoxy groups -OCH3 is 2. The predicted octanol–water partition coefficient (Wildman–Crippen LogP) is 4.40. The number of benzene rings is 3. The Morgan fingerprint density at radius 3 is 1.70 bits per heavy atom. The highest BCUT2D eigenvalue weighted by Gasteiger charge is 2.37. The molecule has 154 valence electrons. The summed E-state index contributed by atoms with van der Waals surface area (Å²) in [7, 11) is 3.28. The van der Waals surface area contributed by atoms with Crippen LogP contribution in [0.15, 0.2) is 78.9 Å². The Morgan fingerprint density at radius 1 is 0.800 bits per heavy atom. The molecule has 0 aliphatic carbocycles. The number of ether oxygens (including phenoxy) is 3. The number of terminal acetylenes is 1. The molecule has 0 saturated heterocycles. The van der Waals surface area contributed by atoms with Crippen molar-refractivity contribution in [2.24, 2.45) is 0 Å². The van der Waals surface area contributed by atoms with Gasteiger partial charge in [0.1, 0.15) is 23.2 Å². The summed E-state index contributed by atoms with van der Waals surface area (Å²) in [5.74, 6) is 3.87. The van der Waals surface area contributed by atoms with E-state index in [2.05, 4.69) is 5.92 Å². The van der Waals surface area contributed by atoms with Crippen molar-refractivity contribution >= 4 is 0 Å². The van der Waals surface area contributed by atoms with Crippen LogP contribution >= 0.6 is 0 Å². The van der Waals surface area contributed by atoms with Gasteiger partial charge in [0.15, 0.2) is 0 Å². The SMILES string of the molecule is C#CC(O)CCOC(c1ccccc1)(c1ccc(OC)cc1)c1ccc(OC)cc1. The number of aliphatic hydroxyl groups excluding tert-OH is 1. The Hall–Kier alpha value is -3.26. The molecular formula is C26H26O4. The third-order valence-electron chi connectivity index (χ3n) is 5.08. The summed E-state index contributed by atoms with van der Waals surface area (Å²) in [6, 6.07) is 25.6. The Morgan fingerprint density at radius 2 is 1.27 bits per heavy atom. The van der Waals surface area contributed by atoms with Gasteiger partial charge >= 0.3 is 0 Å². The summed E-state index contributed by atoms with van der Waals surface area (Å²) in [5, 5.41) is 9.85. The molecular weight excluding hydrogens is 376 g/mol. The van der Waals surface area contributed by atoms with E-state index < -0.39 is 11.7 Å². The molecule has 0 heterocycles. The van der Waals surface area contributed by atoms with E-state index in [1.165, 1.54) is 0 Å². The van der Waals surface area contributed by atoms with Gasteiger partial charge in [0.05, 0.1) is 20.8 Å². The predicted molar refractivity (Wildman–Crippen MR) is 118 cm³/mol. The van der Waals surface area contributed by atoms with E-state index in [9.17, 15) is 5.11 Å². The van der Waals surface area contributed by atoms with Gasteiger partial charge < -0.3 is 19.3 Å². The van der Waals surface area contributed by atoms with Gasteiger partial charge in [-0.25, -0.2) is 0 Å². The van der Waals surface area contributed by atoms with Crippen LogP contribution in [0.2, 0.25) is 0 Å². The smallest absolute Gasteiger partial charge is 0.143 e. The van der Waals surface area contributed by atoms with Gasteiger partial charge in [0, 0.05) is 6.42 Å². The molecule has 4 heteroatoms. The Balaban J connectivity index is 2.16. The van der Waals surface area contributed by atoms with E-state index in [0.29, 0.717) is 6.42 Å². The highest BCUT2D eigenvalue weighted by Crippen LogP contribution is 2.41. The van der Waals surface area contributed by atoms with Crippen LogP contribution in [0, 0.1) is 12.3 Å². The molecule has 1 N–H and O–H groups in total. The fourth-order valence-corrected chi connectivity index (χ4v) is 3.48. The lowest BCUT2D eigenvalue weighted by Gasteiger charge is -2.36.